The molecule has 2 atom stereocenters. The summed E-state index contributed by atoms with van der Waals surface area (Å²) in [5.74, 6) is 0.533. The molecular weight excluding hydrogens is 410 g/mol. The van der Waals surface area contributed by atoms with Gasteiger partial charge in [0.1, 0.15) is 5.75 Å². The smallest absolute Gasteiger partial charge is 0.226 e. The lowest BCUT2D eigenvalue weighted by atomic mass is 10.0. The fourth-order valence-corrected chi connectivity index (χ4v) is 4.26. The molecule has 1 amide bonds. The zero-order valence-electron chi connectivity index (χ0n) is 17.5. The summed E-state index contributed by atoms with van der Waals surface area (Å²) in [6, 6.07) is 17.2. The molecule has 2 unspecified atom stereocenters. The Hall–Kier alpha value is -3.39. The molecule has 31 heavy (non-hydrogen) atoms. The monoisotopic (exact) mass is 435 g/mol. The standard InChI is InChI=1S/C23H25N5O2S/c1-27-14-7-10-18(27)22-21(17-9-5-6-13-24-17)26-23(31)28(22)15-12-20(29)25-16-8-3-4-11-19(16)30-2/h3-11,13-14,21-22H,12,15H2,1-2H3,(H,25,29)(H,26,31). The van der Waals surface area contributed by atoms with Crippen LogP contribution in [0.15, 0.2) is 67.0 Å². The number of hydrogen-bond acceptors (Lipinski definition) is 4. The zero-order chi connectivity index (χ0) is 21.8. The summed E-state index contributed by atoms with van der Waals surface area (Å²) in [5.41, 5.74) is 2.67. The van der Waals surface area contributed by atoms with Gasteiger partial charge in [0.15, 0.2) is 5.11 Å². The molecule has 1 aromatic carbocycles. The van der Waals surface area contributed by atoms with Gasteiger partial charge in [-0.15, -0.1) is 0 Å². The van der Waals surface area contributed by atoms with Gasteiger partial charge in [-0.05, 0) is 48.6 Å². The number of ether oxygens (including phenoxy) is 1. The van der Waals surface area contributed by atoms with Crippen molar-refractivity contribution in [3.63, 3.8) is 0 Å². The second-order valence-corrected chi connectivity index (χ2v) is 7.75. The van der Waals surface area contributed by atoms with Crippen molar-refractivity contribution in [3.05, 3.63) is 78.4 Å². The van der Waals surface area contributed by atoms with Gasteiger partial charge in [0.25, 0.3) is 0 Å². The van der Waals surface area contributed by atoms with E-state index in [0.717, 1.165) is 11.4 Å². The third-order valence-electron chi connectivity index (χ3n) is 5.45. The van der Waals surface area contributed by atoms with Crippen LogP contribution in [0.3, 0.4) is 0 Å². The lowest BCUT2D eigenvalue weighted by molar-refractivity contribution is -0.116. The van der Waals surface area contributed by atoms with E-state index in [1.165, 1.54) is 0 Å². The third kappa shape index (κ3) is 4.39. The Kier molecular flexibility index (Phi) is 6.18. The topological polar surface area (TPSA) is 71.4 Å². The minimum atomic E-state index is -0.0979. The molecule has 0 bridgehead atoms. The summed E-state index contributed by atoms with van der Waals surface area (Å²) in [5, 5.41) is 6.96. The van der Waals surface area contributed by atoms with Crippen LogP contribution in [0.4, 0.5) is 5.69 Å². The molecule has 1 fully saturated rings. The largest absolute Gasteiger partial charge is 0.495 e. The van der Waals surface area contributed by atoms with E-state index in [9.17, 15) is 4.79 Å². The molecule has 0 saturated carbocycles. The maximum Gasteiger partial charge on any atom is 0.226 e. The molecule has 7 nitrogen and oxygen atoms in total. The van der Waals surface area contributed by atoms with Crippen molar-refractivity contribution in [2.75, 3.05) is 19.0 Å². The molecule has 0 aliphatic carbocycles. The molecule has 8 heteroatoms. The van der Waals surface area contributed by atoms with E-state index < -0.39 is 0 Å². The van der Waals surface area contributed by atoms with Gasteiger partial charge in [0.05, 0.1) is 30.6 Å². The molecule has 1 saturated heterocycles. The Morgan fingerprint density at radius 3 is 2.71 bits per heavy atom. The van der Waals surface area contributed by atoms with Gasteiger partial charge in [0.2, 0.25) is 5.91 Å². The number of anilines is 1. The van der Waals surface area contributed by atoms with E-state index in [1.54, 1.807) is 13.3 Å². The van der Waals surface area contributed by atoms with Gasteiger partial charge < -0.3 is 24.8 Å². The number of carbonyl (C=O) groups is 1. The molecule has 3 aromatic rings. The quantitative estimate of drug-likeness (QED) is 0.554. The predicted molar refractivity (Wildman–Crippen MR) is 124 cm³/mol. The molecule has 0 radical (unpaired) electrons. The number of carbonyl (C=O) groups excluding carboxylic acids is 1. The lowest BCUT2D eigenvalue weighted by Gasteiger charge is -2.28. The number of aromatic nitrogens is 2. The highest BCUT2D eigenvalue weighted by molar-refractivity contribution is 7.80. The second kappa shape index (κ2) is 9.18. The van der Waals surface area contributed by atoms with Gasteiger partial charge in [-0.3, -0.25) is 9.78 Å². The molecule has 2 aromatic heterocycles. The van der Waals surface area contributed by atoms with Crippen LogP contribution in [0, 0.1) is 0 Å². The number of rotatable bonds is 7. The molecule has 4 rings (SSSR count). The van der Waals surface area contributed by atoms with Gasteiger partial charge in [-0.25, -0.2) is 0 Å². The van der Waals surface area contributed by atoms with Crippen molar-refractivity contribution < 1.29 is 9.53 Å². The molecule has 1 aliphatic heterocycles. The fraction of sp³-hybridized carbons (Fsp3) is 0.261. The van der Waals surface area contributed by atoms with Crippen molar-refractivity contribution in [2.24, 2.45) is 7.05 Å². The highest BCUT2D eigenvalue weighted by atomic mass is 32.1. The molecular formula is C23H25N5O2S. The van der Waals surface area contributed by atoms with Crippen LogP contribution in [0.2, 0.25) is 0 Å². The Balaban J connectivity index is 1.53. The van der Waals surface area contributed by atoms with Crippen LogP contribution in [0.25, 0.3) is 0 Å². The van der Waals surface area contributed by atoms with E-state index in [0.29, 0.717) is 23.1 Å². The van der Waals surface area contributed by atoms with Gasteiger partial charge in [0, 0.05) is 38.1 Å². The number of para-hydroxylation sites is 2. The molecule has 3 heterocycles. The van der Waals surface area contributed by atoms with Crippen LogP contribution in [0.5, 0.6) is 5.75 Å². The number of pyridine rings is 1. The van der Waals surface area contributed by atoms with E-state index in [1.807, 2.05) is 61.8 Å². The maximum atomic E-state index is 12.7. The van der Waals surface area contributed by atoms with E-state index in [4.69, 9.17) is 17.0 Å². The number of methoxy groups -OCH3 is 1. The number of thiocarbonyl (C=S) groups is 1. The zero-order valence-corrected chi connectivity index (χ0v) is 18.3. The number of nitrogens with one attached hydrogen (secondary N) is 2. The van der Waals surface area contributed by atoms with Crippen LogP contribution >= 0.6 is 12.2 Å². The Labute approximate surface area is 187 Å². The summed E-state index contributed by atoms with van der Waals surface area (Å²) in [6.45, 7) is 0.478. The predicted octanol–water partition coefficient (Wildman–Crippen LogP) is 3.43. The van der Waals surface area contributed by atoms with Gasteiger partial charge in [-0.2, -0.15) is 0 Å². The third-order valence-corrected chi connectivity index (χ3v) is 5.80. The average Bonchev–Trinajstić information content (AvgIpc) is 3.35. The van der Waals surface area contributed by atoms with Crippen molar-refractivity contribution in [2.45, 2.75) is 18.5 Å². The molecule has 160 valence electrons. The van der Waals surface area contributed by atoms with Gasteiger partial charge >= 0.3 is 0 Å². The first kappa shape index (κ1) is 20.9. The molecule has 1 aliphatic rings. The number of amides is 1. The second-order valence-electron chi connectivity index (χ2n) is 7.36. The summed E-state index contributed by atoms with van der Waals surface area (Å²) >= 11 is 5.66. The van der Waals surface area contributed by atoms with E-state index in [2.05, 4.69) is 31.2 Å². The normalized spacial score (nSPS) is 18.0. The Bertz CT molecular complexity index is 1070. The molecule has 0 spiro atoms. The van der Waals surface area contributed by atoms with Crippen LogP contribution in [0.1, 0.15) is 29.9 Å². The van der Waals surface area contributed by atoms with Crippen molar-refractivity contribution in [1.29, 1.82) is 0 Å². The number of nitrogens with zero attached hydrogens (tertiary/aromatic N) is 3. The minimum absolute atomic E-state index is 0.0681. The van der Waals surface area contributed by atoms with Crippen molar-refractivity contribution in [1.82, 2.24) is 19.8 Å². The van der Waals surface area contributed by atoms with Gasteiger partial charge in [-0.1, -0.05) is 18.2 Å². The lowest BCUT2D eigenvalue weighted by Crippen LogP contribution is -2.33. The van der Waals surface area contributed by atoms with Crippen LogP contribution < -0.4 is 15.4 Å². The van der Waals surface area contributed by atoms with Crippen molar-refractivity contribution >= 4 is 28.9 Å². The van der Waals surface area contributed by atoms with E-state index in [-0.39, 0.29) is 24.4 Å². The summed E-state index contributed by atoms with van der Waals surface area (Å²) in [6.07, 6.45) is 4.08. The van der Waals surface area contributed by atoms with Crippen molar-refractivity contribution in [3.8, 4) is 5.75 Å². The Morgan fingerprint density at radius 1 is 1.19 bits per heavy atom. The fourth-order valence-electron chi connectivity index (χ4n) is 3.93. The minimum Gasteiger partial charge on any atom is -0.495 e. The van der Waals surface area contributed by atoms with E-state index >= 15 is 0 Å². The Morgan fingerprint density at radius 2 is 2.00 bits per heavy atom. The first-order valence-corrected chi connectivity index (χ1v) is 10.5. The highest BCUT2D eigenvalue weighted by Crippen LogP contribution is 2.38. The van der Waals surface area contributed by atoms with Crippen LogP contribution in [-0.4, -0.2) is 39.1 Å². The summed E-state index contributed by atoms with van der Waals surface area (Å²) in [7, 11) is 3.60. The first-order chi connectivity index (χ1) is 15.1. The average molecular weight is 436 g/mol. The summed E-state index contributed by atoms with van der Waals surface area (Å²) in [4.78, 5) is 19.3. The SMILES string of the molecule is COc1ccccc1NC(=O)CCN1C(=S)NC(c2ccccn2)C1c1cccn1C. The number of benzene rings is 1. The maximum absolute atomic E-state index is 12.7. The highest BCUT2D eigenvalue weighted by Gasteiger charge is 2.40. The number of aryl methyl sites for hydroxylation is 1. The van der Waals surface area contributed by atoms with Crippen LogP contribution in [-0.2, 0) is 11.8 Å². The molecule has 2 N–H and O–H groups in total. The summed E-state index contributed by atoms with van der Waals surface area (Å²) < 4.78 is 7.40. The first-order valence-electron chi connectivity index (χ1n) is 10.1. The number of hydrogen-bond donors (Lipinski definition) is 2.